The third-order valence-electron chi connectivity index (χ3n) is 3.67. The van der Waals surface area contributed by atoms with Gasteiger partial charge in [0.25, 0.3) is 0 Å². The van der Waals surface area contributed by atoms with Gasteiger partial charge in [-0.05, 0) is 30.2 Å². The normalized spacial score (nSPS) is 13.4. The summed E-state index contributed by atoms with van der Waals surface area (Å²) in [4.78, 5) is 13.7. The number of hydrogen-bond acceptors (Lipinski definition) is 4. The van der Waals surface area contributed by atoms with Gasteiger partial charge in [-0.2, -0.15) is 0 Å². The highest BCUT2D eigenvalue weighted by Gasteiger charge is 2.22. The third-order valence-corrected chi connectivity index (χ3v) is 3.67. The summed E-state index contributed by atoms with van der Waals surface area (Å²) < 4.78 is 10.7. The maximum absolute atomic E-state index is 12.1. The van der Waals surface area contributed by atoms with Crippen LogP contribution in [0, 0.1) is 5.92 Å². The fraction of sp³-hybridized carbons (Fsp3) is 0.562. The van der Waals surface area contributed by atoms with E-state index in [1.54, 1.807) is 19.1 Å². The van der Waals surface area contributed by atoms with Crippen LogP contribution >= 0.6 is 0 Å². The minimum absolute atomic E-state index is 0.0392. The molecule has 0 saturated carbocycles. The van der Waals surface area contributed by atoms with Gasteiger partial charge >= 0.3 is 0 Å². The molecule has 1 aromatic rings. The van der Waals surface area contributed by atoms with Gasteiger partial charge in [0.05, 0.1) is 19.7 Å². The Hall–Kier alpha value is -1.75. The number of rotatable bonds is 8. The topological polar surface area (TPSA) is 64.8 Å². The summed E-state index contributed by atoms with van der Waals surface area (Å²) >= 11 is 0. The molecule has 0 aromatic heterocycles. The molecule has 0 aliphatic rings. The number of nitrogens with zero attached hydrogens (tertiary/aromatic N) is 1. The number of ether oxygens (including phenoxy) is 2. The van der Waals surface area contributed by atoms with E-state index in [0.29, 0.717) is 13.2 Å². The van der Waals surface area contributed by atoms with Crippen molar-refractivity contribution in [2.75, 3.05) is 27.3 Å². The highest BCUT2D eigenvalue weighted by atomic mass is 16.5. The van der Waals surface area contributed by atoms with Crippen LogP contribution in [0.3, 0.4) is 0 Å². The third kappa shape index (κ3) is 5.27. The Morgan fingerprint density at radius 3 is 2.38 bits per heavy atom. The molecule has 0 fully saturated rings. The number of hydrogen-bond donors (Lipinski definition) is 1. The second kappa shape index (κ2) is 8.52. The van der Waals surface area contributed by atoms with Crippen LogP contribution in [-0.2, 0) is 4.79 Å². The zero-order chi connectivity index (χ0) is 15.8. The molecule has 1 amide bonds. The Morgan fingerprint density at radius 2 is 1.86 bits per heavy atom. The highest BCUT2D eigenvalue weighted by Crippen LogP contribution is 2.16. The van der Waals surface area contributed by atoms with E-state index >= 15 is 0 Å². The molecular weight excluding hydrogens is 268 g/mol. The summed E-state index contributed by atoms with van der Waals surface area (Å²) in [5, 5.41) is 0. The Bertz CT molecular complexity index is 434. The fourth-order valence-corrected chi connectivity index (χ4v) is 1.83. The van der Waals surface area contributed by atoms with Gasteiger partial charge in [-0.15, -0.1) is 0 Å². The van der Waals surface area contributed by atoms with Crippen molar-refractivity contribution in [3.63, 3.8) is 0 Å². The fourth-order valence-electron chi connectivity index (χ4n) is 1.83. The van der Waals surface area contributed by atoms with Crippen LogP contribution in [0.2, 0.25) is 0 Å². The number of amides is 1. The van der Waals surface area contributed by atoms with Gasteiger partial charge in [0.15, 0.2) is 0 Å². The van der Waals surface area contributed by atoms with E-state index in [1.165, 1.54) is 0 Å². The zero-order valence-corrected chi connectivity index (χ0v) is 13.3. The van der Waals surface area contributed by atoms with E-state index in [2.05, 4.69) is 0 Å². The van der Waals surface area contributed by atoms with Gasteiger partial charge in [-0.25, -0.2) is 0 Å². The number of carbonyl (C=O) groups is 1. The van der Waals surface area contributed by atoms with Gasteiger partial charge in [0.1, 0.15) is 18.1 Å². The van der Waals surface area contributed by atoms with Crippen molar-refractivity contribution in [3.05, 3.63) is 24.3 Å². The lowest BCUT2D eigenvalue weighted by Crippen LogP contribution is -2.46. The van der Waals surface area contributed by atoms with Gasteiger partial charge in [-0.1, -0.05) is 20.3 Å². The van der Waals surface area contributed by atoms with E-state index in [0.717, 1.165) is 17.9 Å². The summed E-state index contributed by atoms with van der Waals surface area (Å²) in [6, 6.07) is 6.91. The van der Waals surface area contributed by atoms with Crippen LogP contribution in [0.5, 0.6) is 11.5 Å². The molecule has 5 nitrogen and oxygen atoms in total. The molecule has 0 spiro atoms. The van der Waals surface area contributed by atoms with Gasteiger partial charge < -0.3 is 20.1 Å². The minimum atomic E-state index is -0.444. The molecule has 0 heterocycles. The van der Waals surface area contributed by atoms with E-state index < -0.39 is 6.04 Å². The molecule has 2 N–H and O–H groups in total. The average Bonchev–Trinajstić information content (AvgIpc) is 2.53. The second-order valence-corrected chi connectivity index (χ2v) is 5.20. The van der Waals surface area contributed by atoms with Crippen LogP contribution in [0.4, 0.5) is 0 Å². The standard InChI is InChI=1S/C16H26N2O3/c1-5-12(2)15(17)16(19)18(3)10-11-21-14-8-6-13(20-4)7-9-14/h6-9,12,15H,5,10-11,17H2,1-4H3/t12?,15-/m0/s1. The molecule has 21 heavy (non-hydrogen) atoms. The van der Waals surface area contributed by atoms with E-state index in [-0.39, 0.29) is 11.8 Å². The van der Waals surface area contributed by atoms with Gasteiger partial charge in [-0.3, -0.25) is 4.79 Å². The minimum Gasteiger partial charge on any atom is -0.497 e. The molecule has 1 rings (SSSR count). The molecular formula is C16H26N2O3. The number of benzene rings is 1. The molecule has 1 unspecified atom stereocenters. The SMILES string of the molecule is CCC(C)[C@H](N)C(=O)N(C)CCOc1ccc(OC)cc1. The first kappa shape index (κ1) is 17.3. The Labute approximate surface area is 127 Å². The predicted molar refractivity (Wildman–Crippen MR) is 83.6 cm³/mol. The summed E-state index contributed by atoms with van der Waals surface area (Å²) in [6.07, 6.45) is 0.892. The monoisotopic (exact) mass is 294 g/mol. The van der Waals surface area contributed by atoms with Crippen molar-refractivity contribution in [2.45, 2.75) is 26.3 Å². The molecule has 118 valence electrons. The zero-order valence-electron chi connectivity index (χ0n) is 13.3. The largest absolute Gasteiger partial charge is 0.497 e. The summed E-state index contributed by atoms with van der Waals surface area (Å²) in [6.45, 7) is 4.96. The lowest BCUT2D eigenvalue weighted by atomic mass is 9.99. The first-order chi connectivity index (χ1) is 9.99. The molecule has 5 heteroatoms. The van der Waals surface area contributed by atoms with E-state index in [9.17, 15) is 4.79 Å². The number of nitrogens with two attached hydrogens (primary N) is 1. The average molecular weight is 294 g/mol. The summed E-state index contributed by atoms with van der Waals surface area (Å²) in [7, 11) is 3.37. The second-order valence-electron chi connectivity index (χ2n) is 5.20. The van der Waals surface area contributed by atoms with E-state index in [1.807, 2.05) is 38.1 Å². The van der Waals surface area contributed by atoms with Crippen molar-refractivity contribution in [1.82, 2.24) is 4.90 Å². The molecule has 0 aliphatic heterocycles. The van der Waals surface area contributed by atoms with Crippen LogP contribution in [0.25, 0.3) is 0 Å². The van der Waals surface area contributed by atoms with Crippen molar-refractivity contribution >= 4 is 5.91 Å². The maximum atomic E-state index is 12.1. The molecule has 0 radical (unpaired) electrons. The van der Waals surface area contributed by atoms with Gasteiger partial charge in [0.2, 0.25) is 5.91 Å². The smallest absolute Gasteiger partial charge is 0.239 e. The number of carbonyl (C=O) groups excluding carboxylic acids is 1. The van der Waals surface area contributed by atoms with Crippen molar-refractivity contribution in [2.24, 2.45) is 11.7 Å². The molecule has 0 aliphatic carbocycles. The lowest BCUT2D eigenvalue weighted by Gasteiger charge is -2.24. The molecule has 2 atom stereocenters. The van der Waals surface area contributed by atoms with Crippen molar-refractivity contribution in [1.29, 1.82) is 0 Å². The van der Waals surface area contributed by atoms with Crippen molar-refractivity contribution < 1.29 is 14.3 Å². The van der Waals surface area contributed by atoms with Crippen LogP contribution in [0.15, 0.2) is 24.3 Å². The van der Waals surface area contributed by atoms with Crippen molar-refractivity contribution in [3.8, 4) is 11.5 Å². The first-order valence-corrected chi connectivity index (χ1v) is 7.27. The Balaban J connectivity index is 2.38. The number of likely N-dealkylation sites (N-methyl/N-ethyl adjacent to an activating group) is 1. The highest BCUT2D eigenvalue weighted by molar-refractivity contribution is 5.81. The molecule has 0 saturated heterocycles. The number of methoxy groups -OCH3 is 1. The van der Waals surface area contributed by atoms with Crippen LogP contribution in [-0.4, -0.2) is 44.2 Å². The van der Waals surface area contributed by atoms with Crippen LogP contribution < -0.4 is 15.2 Å². The summed E-state index contributed by atoms with van der Waals surface area (Å²) in [5.74, 6) is 1.68. The first-order valence-electron chi connectivity index (χ1n) is 7.27. The van der Waals surface area contributed by atoms with Gasteiger partial charge in [0, 0.05) is 7.05 Å². The Kier molecular flexibility index (Phi) is 7.02. The Morgan fingerprint density at radius 1 is 1.29 bits per heavy atom. The predicted octanol–water partition coefficient (Wildman–Crippen LogP) is 1.91. The lowest BCUT2D eigenvalue weighted by molar-refractivity contribution is -0.132. The quantitative estimate of drug-likeness (QED) is 0.795. The van der Waals surface area contributed by atoms with E-state index in [4.69, 9.17) is 15.2 Å². The molecule has 0 bridgehead atoms. The summed E-state index contributed by atoms with van der Waals surface area (Å²) in [5.41, 5.74) is 5.94. The van der Waals surface area contributed by atoms with Crippen LogP contribution in [0.1, 0.15) is 20.3 Å². The molecule has 1 aromatic carbocycles. The maximum Gasteiger partial charge on any atom is 0.239 e.